The molecule has 0 spiro atoms. The van der Waals surface area contributed by atoms with Crippen molar-refractivity contribution in [1.82, 2.24) is 5.32 Å². The van der Waals surface area contributed by atoms with Gasteiger partial charge in [0.2, 0.25) is 5.91 Å². The van der Waals surface area contributed by atoms with Crippen LogP contribution in [-0.4, -0.2) is 12.5 Å². The molecular weight excluding hydrogens is 280 g/mol. The van der Waals surface area contributed by atoms with Crippen LogP contribution in [0.3, 0.4) is 0 Å². The van der Waals surface area contributed by atoms with Crippen molar-refractivity contribution in [3.8, 4) is 11.8 Å². The van der Waals surface area contributed by atoms with Crippen LogP contribution in [0.25, 0.3) is 0 Å². The number of carbonyl (C=O) groups excluding carboxylic acids is 1. The van der Waals surface area contributed by atoms with Gasteiger partial charge in [-0.2, -0.15) is 0 Å². The largest absolute Gasteiger partial charge is 0.351 e. The Labute approximate surface area is 132 Å². The second-order valence-corrected chi connectivity index (χ2v) is 7.79. The third-order valence-corrected chi connectivity index (χ3v) is 3.93. The Morgan fingerprint density at radius 2 is 2.14 bits per heavy atom. The molecule has 1 unspecified atom stereocenters. The number of hydrogen-bond acceptors (Lipinski definition) is 3. The predicted molar refractivity (Wildman–Crippen MR) is 90.0 cm³/mol. The van der Waals surface area contributed by atoms with Gasteiger partial charge in [0.15, 0.2) is 0 Å². The highest BCUT2D eigenvalue weighted by atomic mass is 32.1. The molecular formula is C17H26N2OS. The molecule has 0 aromatic carbocycles. The van der Waals surface area contributed by atoms with Gasteiger partial charge in [-0.25, -0.2) is 0 Å². The van der Waals surface area contributed by atoms with E-state index in [2.05, 4.69) is 44.9 Å². The van der Waals surface area contributed by atoms with Gasteiger partial charge in [-0.05, 0) is 29.9 Å². The highest BCUT2D eigenvalue weighted by molar-refractivity contribution is 7.12. The van der Waals surface area contributed by atoms with E-state index in [-0.39, 0.29) is 11.3 Å². The molecule has 0 saturated carbocycles. The smallest absolute Gasteiger partial charge is 0.220 e. The van der Waals surface area contributed by atoms with Crippen LogP contribution >= 0.6 is 11.3 Å². The van der Waals surface area contributed by atoms with Crippen LogP contribution in [0.5, 0.6) is 0 Å². The van der Waals surface area contributed by atoms with Gasteiger partial charge < -0.3 is 11.1 Å². The van der Waals surface area contributed by atoms with E-state index in [4.69, 9.17) is 5.73 Å². The van der Waals surface area contributed by atoms with Gasteiger partial charge in [0.05, 0.1) is 18.0 Å². The number of thiophene rings is 1. The van der Waals surface area contributed by atoms with E-state index in [0.29, 0.717) is 25.4 Å². The van der Waals surface area contributed by atoms with E-state index in [9.17, 15) is 4.79 Å². The van der Waals surface area contributed by atoms with Crippen molar-refractivity contribution in [1.29, 1.82) is 0 Å². The maximum Gasteiger partial charge on any atom is 0.220 e. The molecule has 1 atom stereocenters. The zero-order chi connectivity index (χ0) is 15.9. The van der Waals surface area contributed by atoms with E-state index in [0.717, 1.165) is 16.2 Å². The summed E-state index contributed by atoms with van der Waals surface area (Å²) in [6.07, 6.45) is 1.64. The average Bonchev–Trinajstić information content (AvgIpc) is 2.79. The van der Waals surface area contributed by atoms with Crippen molar-refractivity contribution in [2.45, 2.75) is 47.1 Å². The first-order valence-electron chi connectivity index (χ1n) is 7.34. The van der Waals surface area contributed by atoms with Gasteiger partial charge in [0, 0.05) is 11.3 Å². The molecule has 0 aliphatic heterocycles. The van der Waals surface area contributed by atoms with Gasteiger partial charge in [-0.1, -0.05) is 39.5 Å². The minimum Gasteiger partial charge on any atom is -0.351 e. The fourth-order valence-corrected chi connectivity index (χ4v) is 3.19. The molecule has 3 nitrogen and oxygen atoms in total. The summed E-state index contributed by atoms with van der Waals surface area (Å²) in [5.74, 6) is 6.35. The first kappa shape index (κ1) is 17.7. The van der Waals surface area contributed by atoms with Crippen LogP contribution < -0.4 is 11.1 Å². The summed E-state index contributed by atoms with van der Waals surface area (Å²) in [6, 6.07) is 3.97. The lowest BCUT2D eigenvalue weighted by Gasteiger charge is -2.22. The van der Waals surface area contributed by atoms with Gasteiger partial charge in [0.1, 0.15) is 0 Å². The quantitative estimate of drug-likeness (QED) is 0.821. The zero-order valence-corrected chi connectivity index (χ0v) is 14.3. The highest BCUT2D eigenvalue weighted by Crippen LogP contribution is 2.25. The second-order valence-electron chi connectivity index (χ2n) is 6.62. The minimum atomic E-state index is 0.120. The molecule has 4 heteroatoms. The Morgan fingerprint density at radius 3 is 2.76 bits per heavy atom. The van der Waals surface area contributed by atoms with Crippen molar-refractivity contribution >= 4 is 17.2 Å². The van der Waals surface area contributed by atoms with Crippen LogP contribution in [0.2, 0.25) is 0 Å². The Morgan fingerprint density at radius 1 is 1.43 bits per heavy atom. The zero-order valence-electron chi connectivity index (χ0n) is 13.5. The first-order chi connectivity index (χ1) is 9.80. The van der Waals surface area contributed by atoms with Gasteiger partial charge in [-0.3, -0.25) is 4.79 Å². The summed E-state index contributed by atoms with van der Waals surface area (Å²) in [6.45, 7) is 9.70. The minimum absolute atomic E-state index is 0.120. The fourth-order valence-electron chi connectivity index (χ4n) is 2.37. The van der Waals surface area contributed by atoms with Gasteiger partial charge in [0.25, 0.3) is 0 Å². The normalized spacial score (nSPS) is 12.4. The Hall–Kier alpha value is -1.31. The van der Waals surface area contributed by atoms with Crippen molar-refractivity contribution in [2.75, 3.05) is 6.54 Å². The lowest BCUT2D eigenvalue weighted by Crippen LogP contribution is -2.25. The standard InChI is InChI=1S/C17H26N2OS/c1-13(11-17(2,3)4)10-16(20)19-12-15-8-7-14(21-15)6-5-9-18/h7-8,13H,9-12,18H2,1-4H3,(H,19,20). The van der Waals surface area contributed by atoms with Crippen LogP contribution in [0, 0.1) is 23.2 Å². The number of amides is 1. The molecule has 0 aliphatic rings. The maximum atomic E-state index is 11.9. The summed E-state index contributed by atoms with van der Waals surface area (Å²) in [4.78, 5) is 14.1. The van der Waals surface area contributed by atoms with Gasteiger partial charge in [-0.15, -0.1) is 11.3 Å². The Kier molecular flexibility index (Phi) is 6.94. The third-order valence-electron chi connectivity index (χ3n) is 2.93. The topological polar surface area (TPSA) is 55.1 Å². The molecule has 1 aromatic rings. The molecule has 0 saturated heterocycles. The first-order valence-corrected chi connectivity index (χ1v) is 8.16. The van der Waals surface area contributed by atoms with Crippen molar-refractivity contribution in [3.63, 3.8) is 0 Å². The monoisotopic (exact) mass is 306 g/mol. The summed E-state index contributed by atoms with van der Waals surface area (Å²) in [5.41, 5.74) is 5.61. The van der Waals surface area contributed by atoms with E-state index < -0.39 is 0 Å². The molecule has 1 heterocycles. The maximum absolute atomic E-state index is 11.9. The number of carbonyl (C=O) groups is 1. The van der Waals surface area contributed by atoms with Crippen molar-refractivity contribution in [2.24, 2.45) is 17.1 Å². The second kappa shape index (κ2) is 8.21. The summed E-state index contributed by atoms with van der Waals surface area (Å²) < 4.78 is 0. The highest BCUT2D eigenvalue weighted by Gasteiger charge is 2.17. The van der Waals surface area contributed by atoms with Crippen LogP contribution in [0.1, 0.15) is 50.3 Å². The van der Waals surface area contributed by atoms with Crippen LogP contribution in [0.4, 0.5) is 0 Å². The lowest BCUT2D eigenvalue weighted by molar-refractivity contribution is -0.122. The average molecular weight is 306 g/mol. The number of hydrogen-bond donors (Lipinski definition) is 2. The molecule has 1 aromatic heterocycles. The number of nitrogens with two attached hydrogens (primary N) is 1. The van der Waals surface area contributed by atoms with E-state index in [1.807, 2.05) is 12.1 Å². The molecule has 3 N–H and O–H groups in total. The fraction of sp³-hybridized carbons (Fsp3) is 0.588. The van der Waals surface area contributed by atoms with Crippen molar-refractivity contribution < 1.29 is 4.79 Å². The van der Waals surface area contributed by atoms with Crippen molar-refractivity contribution in [3.05, 3.63) is 21.9 Å². The third kappa shape index (κ3) is 7.89. The SMILES string of the molecule is CC(CC(=O)NCc1ccc(C#CCN)s1)CC(C)(C)C. The summed E-state index contributed by atoms with van der Waals surface area (Å²) in [5, 5.41) is 2.98. The van der Waals surface area contributed by atoms with Gasteiger partial charge >= 0.3 is 0 Å². The molecule has 0 aliphatic carbocycles. The molecule has 1 rings (SSSR count). The molecule has 21 heavy (non-hydrogen) atoms. The van der Waals surface area contributed by atoms with Crippen LogP contribution in [0.15, 0.2) is 12.1 Å². The Bertz CT molecular complexity index is 517. The van der Waals surface area contributed by atoms with Crippen LogP contribution in [-0.2, 0) is 11.3 Å². The summed E-state index contributed by atoms with van der Waals surface area (Å²) in [7, 11) is 0. The molecule has 116 valence electrons. The van der Waals surface area contributed by atoms with E-state index in [1.54, 1.807) is 11.3 Å². The van der Waals surface area contributed by atoms with E-state index >= 15 is 0 Å². The molecule has 0 fully saturated rings. The molecule has 0 bridgehead atoms. The Balaban J connectivity index is 2.37. The molecule has 1 amide bonds. The van der Waals surface area contributed by atoms with E-state index in [1.165, 1.54) is 0 Å². The number of nitrogens with one attached hydrogen (secondary N) is 1. The number of rotatable bonds is 5. The molecule has 0 radical (unpaired) electrons. The lowest BCUT2D eigenvalue weighted by atomic mass is 9.84. The summed E-state index contributed by atoms with van der Waals surface area (Å²) >= 11 is 1.60. The predicted octanol–water partition coefficient (Wildman–Crippen LogP) is 3.14.